The third-order valence-corrected chi connectivity index (χ3v) is 3.94. The number of nitrogens with one attached hydrogen (secondary N) is 1. The molecule has 1 aromatic rings. The van der Waals surface area contributed by atoms with Crippen molar-refractivity contribution in [1.82, 2.24) is 10.3 Å². The van der Waals surface area contributed by atoms with E-state index in [0.717, 1.165) is 12.8 Å². The summed E-state index contributed by atoms with van der Waals surface area (Å²) >= 11 is 5.99. The molecule has 0 spiro atoms. The number of anilines is 1. The second-order valence-electron chi connectivity index (χ2n) is 5.68. The minimum absolute atomic E-state index is 0.162. The monoisotopic (exact) mass is 281 g/mol. The number of nitrogens with zero attached hydrogens (tertiary/aromatic N) is 1. The van der Waals surface area contributed by atoms with Crippen LogP contribution in [0.15, 0.2) is 12.3 Å². The third-order valence-electron chi connectivity index (χ3n) is 3.63. The fourth-order valence-corrected chi connectivity index (χ4v) is 3.15. The molecule has 0 saturated heterocycles. The SMILES string of the molecule is CC1CC(C)CC(NC(=O)c2cc(N)ncc2Cl)C1. The Morgan fingerprint density at radius 2 is 2.00 bits per heavy atom. The average molecular weight is 282 g/mol. The van der Waals surface area contributed by atoms with Crippen molar-refractivity contribution < 1.29 is 4.79 Å². The first-order valence-corrected chi connectivity index (χ1v) is 7.05. The van der Waals surface area contributed by atoms with Gasteiger partial charge in [0, 0.05) is 12.2 Å². The van der Waals surface area contributed by atoms with Crippen LogP contribution in [0.5, 0.6) is 0 Å². The molecule has 4 nitrogen and oxygen atoms in total. The molecule has 1 saturated carbocycles. The minimum atomic E-state index is -0.162. The Balaban J connectivity index is 2.06. The van der Waals surface area contributed by atoms with Crippen LogP contribution in [0.2, 0.25) is 5.02 Å². The second-order valence-corrected chi connectivity index (χ2v) is 6.08. The number of nitrogen functional groups attached to an aromatic ring is 1. The highest BCUT2D eigenvalue weighted by molar-refractivity contribution is 6.33. The standard InChI is InChI=1S/C14H20ClN3O/c1-8-3-9(2)5-10(4-8)18-14(19)11-6-13(16)17-7-12(11)15/h6-10H,3-5H2,1-2H3,(H2,16,17)(H,18,19). The molecule has 0 aliphatic heterocycles. The fraction of sp³-hybridized carbons (Fsp3) is 0.571. The summed E-state index contributed by atoms with van der Waals surface area (Å²) < 4.78 is 0. The van der Waals surface area contributed by atoms with Gasteiger partial charge in [-0.3, -0.25) is 4.79 Å². The second kappa shape index (κ2) is 5.78. The lowest BCUT2D eigenvalue weighted by Crippen LogP contribution is -2.40. The van der Waals surface area contributed by atoms with E-state index in [1.165, 1.54) is 18.7 Å². The summed E-state index contributed by atoms with van der Waals surface area (Å²) in [4.78, 5) is 16.1. The van der Waals surface area contributed by atoms with Crippen molar-refractivity contribution in [2.45, 2.75) is 39.2 Å². The van der Waals surface area contributed by atoms with E-state index in [4.69, 9.17) is 17.3 Å². The number of aromatic nitrogens is 1. The Kier molecular flexibility index (Phi) is 4.30. The van der Waals surface area contributed by atoms with Gasteiger partial charge in [0.1, 0.15) is 5.82 Å². The molecule has 1 aliphatic carbocycles. The molecule has 1 aliphatic rings. The summed E-state index contributed by atoms with van der Waals surface area (Å²) in [6.45, 7) is 4.46. The molecule has 1 fully saturated rings. The van der Waals surface area contributed by atoms with Gasteiger partial charge in [0.2, 0.25) is 0 Å². The Morgan fingerprint density at radius 1 is 1.37 bits per heavy atom. The summed E-state index contributed by atoms with van der Waals surface area (Å²) in [5.41, 5.74) is 6.00. The van der Waals surface area contributed by atoms with Crippen molar-refractivity contribution in [3.8, 4) is 0 Å². The first-order chi connectivity index (χ1) is 8.95. The maximum Gasteiger partial charge on any atom is 0.253 e. The number of halogens is 1. The Hall–Kier alpha value is -1.29. The number of carbonyl (C=O) groups excluding carboxylic acids is 1. The summed E-state index contributed by atoms with van der Waals surface area (Å²) in [5.74, 6) is 1.43. The molecule has 3 N–H and O–H groups in total. The van der Waals surface area contributed by atoms with Gasteiger partial charge in [0.05, 0.1) is 10.6 Å². The highest BCUT2D eigenvalue weighted by atomic mass is 35.5. The molecule has 0 radical (unpaired) electrons. The van der Waals surface area contributed by atoms with Crippen LogP contribution in [0.1, 0.15) is 43.5 Å². The number of amides is 1. The lowest BCUT2D eigenvalue weighted by Gasteiger charge is -2.32. The highest BCUT2D eigenvalue weighted by Crippen LogP contribution is 2.29. The molecule has 104 valence electrons. The van der Waals surface area contributed by atoms with Crippen LogP contribution in [0.25, 0.3) is 0 Å². The number of pyridine rings is 1. The van der Waals surface area contributed by atoms with Crippen LogP contribution in [-0.4, -0.2) is 16.9 Å². The van der Waals surface area contributed by atoms with E-state index in [2.05, 4.69) is 24.1 Å². The van der Waals surface area contributed by atoms with E-state index in [-0.39, 0.29) is 11.9 Å². The third kappa shape index (κ3) is 3.60. The summed E-state index contributed by atoms with van der Waals surface area (Å²) in [5, 5.41) is 3.39. The average Bonchev–Trinajstić information content (AvgIpc) is 2.30. The molecule has 5 heteroatoms. The van der Waals surface area contributed by atoms with E-state index in [0.29, 0.717) is 28.2 Å². The van der Waals surface area contributed by atoms with Gasteiger partial charge < -0.3 is 11.1 Å². The zero-order chi connectivity index (χ0) is 14.0. The molecular weight excluding hydrogens is 262 g/mol. The molecule has 1 amide bonds. The molecule has 1 heterocycles. The molecule has 2 rings (SSSR count). The predicted octanol–water partition coefficient (Wildman–Crippen LogP) is 2.87. The van der Waals surface area contributed by atoms with Gasteiger partial charge in [0.25, 0.3) is 5.91 Å². The quantitative estimate of drug-likeness (QED) is 0.876. The van der Waals surface area contributed by atoms with Crippen LogP contribution < -0.4 is 11.1 Å². The molecular formula is C14H20ClN3O. The summed E-state index contributed by atoms with van der Waals surface area (Å²) in [7, 11) is 0. The molecule has 2 atom stereocenters. The molecule has 1 aromatic heterocycles. The number of nitrogens with two attached hydrogens (primary N) is 1. The number of hydrogen-bond acceptors (Lipinski definition) is 3. The van der Waals surface area contributed by atoms with Gasteiger partial charge >= 0.3 is 0 Å². The van der Waals surface area contributed by atoms with E-state index in [9.17, 15) is 4.79 Å². The fourth-order valence-electron chi connectivity index (χ4n) is 2.96. The van der Waals surface area contributed by atoms with Crippen LogP contribution in [0.4, 0.5) is 5.82 Å². The van der Waals surface area contributed by atoms with Crippen molar-refractivity contribution in [3.63, 3.8) is 0 Å². The van der Waals surface area contributed by atoms with Gasteiger partial charge in [-0.15, -0.1) is 0 Å². The lowest BCUT2D eigenvalue weighted by molar-refractivity contribution is 0.0911. The van der Waals surface area contributed by atoms with E-state index in [1.807, 2.05) is 0 Å². The smallest absolute Gasteiger partial charge is 0.253 e. The lowest BCUT2D eigenvalue weighted by atomic mass is 9.80. The number of hydrogen-bond donors (Lipinski definition) is 2. The first kappa shape index (κ1) is 14.1. The van der Waals surface area contributed by atoms with Gasteiger partial charge in [-0.2, -0.15) is 0 Å². The van der Waals surface area contributed by atoms with Crippen molar-refractivity contribution in [2.24, 2.45) is 11.8 Å². The van der Waals surface area contributed by atoms with E-state index in [1.54, 1.807) is 0 Å². The summed E-state index contributed by atoms with van der Waals surface area (Å²) in [6.07, 6.45) is 4.69. The maximum atomic E-state index is 12.2. The Morgan fingerprint density at radius 3 is 2.63 bits per heavy atom. The Bertz CT molecular complexity index is 468. The highest BCUT2D eigenvalue weighted by Gasteiger charge is 2.25. The van der Waals surface area contributed by atoms with Gasteiger partial charge in [-0.05, 0) is 37.2 Å². The van der Waals surface area contributed by atoms with Crippen molar-refractivity contribution in [2.75, 3.05) is 5.73 Å². The normalized spacial score (nSPS) is 27.0. The minimum Gasteiger partial charge on any atom is -0.384 e. The largest absolute Gasteiger partial charge is 0.384 e. The van der Waals surface area contributed by atoms with E-state index >= 15 is 0 Å². The summed E-state index contributed by atoms with van der Waals surface area (Å²) in [6, 6.07) is 1.74. The molecule has 19 heavy (non-hydrogen) atoms. The van der Waals surface area contributed by atoms with Crippen LogP contribution in [0, 0.1) is 11.8 Å². The number of carbonyl (C=O) groups is 1. The first-order valence-electron chi connectivity index (χ1n) is 6.67. The van der Waals surface area contributed by atoms with E-state index < -0.39 is 0 Å². The Labute approximate surface area is 118 Å². The zero-order valence-corrected chi connectivity index (χ0v) is 12.1. The van der Waals surface area contributed by atoms with Gasteiger partial charge in [-0.1, -0.05) is 25.4 Å². The van der Waals surface area contributed by atoms with Crippen LogP contribution >= 0.6 is 11.6 Å². The predicted molar refractivity (Wildman–Crippen MR) is 77.1 cm³/mol. The van der Waals surface area contributed by atoms with Crippen LogP contribution in [-0.2, 0) is 0 Å². The van der Waals surface area contributed by atoms with Crippen molar-refractivity contribution in [1.29, 1.82) is 0 Å². The zero-order valence-electron chi connectivity index (χ0n) is 11.3. The van der Waals surface area contributed by atoms with Crippen LogP contribution in [0.3, 0.4) is 0 Å². The molecule has 0 bridgehead atoms. The van der Waals surface area contributed by atoms with Gasteiger partial charge in [0.15, 0.2) is 0 Å². The maximum absolute atomic E-state index is 12.2. The molecule has 0 aromatic carbocycles. The topological polar surface area (TPSA) is 68.0 Å². The van der Waals surface area contributed by atoms with Crippen molar-refractivity contribution in [3.05, 3.63) is 22.8 Å². The van der Waals surface area contributed by atoms with Gasteiger partial charge in [-0.25, -0.2) is 4.98 Å². The van der Waals surface area contributed by atoms with Crippen molar-refractivity contribution >= 4 is 23.3 Å². The number of rotatable bonds is 2. The molecule has 2 unspecified atom stereocenters.